The van der Waals surface area contributed by atoms with Crippen molar-refractivity contribution in [3.05, 3.63) is 29.3 Å². The lowest BCUT2D eigenvalue weighted by molar-refractivity contribution is 0.193. The standard InChI is InChI=1S/C15H21NO/c1-15-7-8-16-10-12(15)5-3-11-4-6-13(17-2)9-14(11)15/h4,6,9,12,16H,3,5,7-8,10H2,1-2H3/t12-,15+/m0/s1. The molecule has 0 unspecified atom stereocenters. The highest BCUT2D eigenvalue weighted by atomic mass is 16.5. The first-order chi connectivity index (χ1) is 8.24. The van der Waals surface area contributed by atoms with Gasteiger partial charge in [0.1, 0.15) is 5.75 Å². The van der Waals surface area contributed by atoms with E-state index >= 15 is 0 Å². The van der Waals surface area contributed by atoms with Crippen LogP contribution in [-0.4, -0.2) is 20.2 Å². The number of methoxy groups -OCH3 is 1. The Bertz CT molecular complexity index is 429. The number of aryl methyl sites for hydroxylation is 1. The van der Waals surface area contributed by atoms with Crippen LogP contribution in [0.25, 0.3) is 0 Å². The van der Waals surface area contributed by atoms with Gasteiger partial charge in [0.25, 0.3) is 0 Å². The van der Waals surface area contributed by atoms with Gasteiger partial charge in [0, 0.05) is 0 Å². The molecule has 1 aromatic rings. The van der Waals surface area contributed by atoms with E-state index in [0.29, 0.717) is 5.41 Å². The molecule has 1 heterocycles. The maximum atomic E-state index is 5.39. The predicted molar refractivity (Wildman–Crippen MR) is 69.6 cm³/mol. The largest absolute Gasteiger partial charge is 0.497 e. The zero-order chi connectivity index (χ0) is 11.9. The van der Waals surface area contributed by atoms with Gasteiger partial charge in [0.15, 0.2) is 0 Å². The monoisotopic (exact) mass is 231 g/mol. The Hall–Kier alpha value is -1.02. The topological polar surface area (TPSA) is 21.3 Å². The summed E-state index contributed by atoms with van der Waals surface area (Å²) in [6, 6.07) is 6.63. The molecule has 17 heavy (non-hydrogen) atoms. The maximum absolute atomic E-state index is 5.39. The molecule has 1 aromatic carbocycles. The van der Waals surface area contributed by atoms with Crippen LogP contribution in [0, 0.1) is 5.92 Å². The van der Waals surface area contributed by atoms with Gasteiger partial charge in [-0.3, -0.25) is 0 Å². The van der Waals surface area contributed by atoms with Crippen molar-refractivity contribution in [3.8, 4) is 5.75 Å². The molecule has 0 saturated carbocycles. The number of rotatable bonds is 1. The Morgan fingerprint density at radius 2 is 2.29 bits per heavy atom. The summed E-state index contributed by atoms with van der Waals surface area (Å²) < 4.78 is 5.39. The van der Waals surface area contributed by atoms with Gasteiger partial charge in [0.2, 0.25) is 0 Å². The molecular formula is C15H21NO. The van der Waals surface area contributed by atoms with Crippen LogP contribution >= 0.6 is 0 Å². The van der Waals surface area contributed by atoms with Gasteiger partial charge >= 0.3 is 0 Å². The Balaban J connectivity index is 2.08. The molecule has 2 atom stereocenters. The van der Waals surface area contributed by atoms with Gasteiger partial charge in [-0.15, -0.1) is 0 Å². The molecule has 0 amide bonds. The van der Waals surface area contributed by atoms with E-state index in [0.717, 1.165) is 18.2 Å². The Morgan fingerprint density at radius 3 is 3.12 bits per heavy atom. The Kier molecular flexibility index (Phi) is 2.62. The summed E-state index contributed by atoms with van der Waals surface area (Å²) in [4.78, 5) is 0. The SMILES string of the molecule is COc1ccc2c(c1)[C@]1(C)CCNC[C@@H]1CC2. The van der Waals surface area contributed by atoms with Crippen molar-refractivity contribution in [2.45, 2.75) is 31.6 Å². The number of hydrogen-bond acceptors (Lipinski definition) is 2. The van der Waals surface area contributed by atoms with Crippen LogP contribution in [0.5, 0.6) is 5.75 Å². The lowest BCUT2D eigenvalue weighted by atomic mass is 9.61. The lowest BCUT2D eigenvalue weighted by Crippen LogP contribution is -2.48. The number of hydrogen-bond donors (Lipinski definition) is 1. The average Bonchev–Trinajstić information content (AvgIpc) is 2.38. The molecule has 0 aromatic heterocycles. The number of piperidine rings is 1. The van der Waals surface area contributed by atoms with Crippen molar-refractivity contribution < 1.29 is 4.74 Å². The first-order valence-electron chi connectivity index (χ1n) is 6.62. The minimum Gasteiger partial charge on any atom is -0.497 e. The van der Waals surface area contributed by atoms with Crippen molar-refractivity contribution in [3.63, 3.8) is 0 Å². The molecular weight excluding hydrogens is 210 g/mol. The summed E-state index contributed by atoms with van der Waals surface area (Å²) in [5, 5.41) is 3.54. The zero-order valence-electron chi connectivity index (χ0n) is 10.8. The van der Waals surface area contributed by atoms with Crippen molar-refractivity contribution in [2.75, 3.05) is 20.2 Å². The third-order valence-corrected chi connectivity index (χ3v) is 4.81. The Labute approximate surface area is 103 Å². The van der Waals surface area contributed by atoms with Crippen LogP contribution < -0.4 is 10.1 Å². The van der Waals surface area contributed by atoms with Gasteiger partial charge < -0.3 is 10.1 Å². The summed E-state index contributed by atoms with van der Waals surface area (Å²) in [6.45, 7) is 4.76. The highest BCUT2D eigenvalue weighted by Gasteiger charge is 2.41. The fraction of sp³-hybridized carbons (Fsp3) is 0.600. The third-order valence-electron chi connectivity index (χ3n) is 4.81. The summed E-state index contributed by atoms with van der Waals surface area (Å²) in [6.07, 6.45) is 3.79. The van der Waals surface area contributed by atoms with E-state index in [1.165, 1.54) is 36.9 Å². The number of fused-ring (bicyclic) bond motifs is 3. The predicted octanol–water partition coefficient (Wildman–Crippen LogP) is 2.51. The van der Waals surface area contributed by atoms with E-state index in [1.54, 1.807) is 7.11 Å². The number of nitrogens with one attached hydrogen (secondary N) is 1. The van der Waals surface area contributed by atoms with E-state index in [4.69, 9.17) is 4.74 Å². The van der Waals surface area contributed by atoms with Crippen LogP contribution in [0.3, 0.4) is 0 Å². The molecule has 0 radical (unpaired) electrons. The molecule has 1 fully saturated rings. The number of ether oxygens (including phenoxy) is 1. The quantitative estimate of drug-likeness (QED) is 0.802. The van der Waals surface area contributed by atoms with Crippen LogP contribution in [-0.2, 0) is 11.8 Å². The number of benzene rings is 1. The molecule has 92 valence electrons. The lowest BCUT2D eigenvalue weighted by Gasteiger charge is -2.46. The fourth-order valence-corrected chi connectivity index (χ4v) is 3.59. The highest BCUT2D eigenvalue weighted by Crippen LogP contribution is 2.45. The van der Waals surface area contributed by atoms with Crippen molar-refractivity contribution >= 4 is 0 Å². The summed E-state index contributed by atoms with van der Waals surface area (Å²) in [5.41, 5.74) is 3.42. The van der Waals surface area contributed by atoms with E-state index in [1.807, 2.05) is 0 Å². The molecule has 0 spiro atoms. The molecule has 1 N–H and O–H groups in total. The van der Waals surface area contributed by atoms with Crippen LogP contribution in [0.2, 0.25) is 0 Å². The normalized spacial score (nSPS) is 31.5. The minimum absolute atomic E-state index is 0.355. The molecule has 0 bridgehead atoms. The second-order valence-electron chi connectivity index (χ2n) is 5.63. The molecule has 1 saturated heterocycles. The first kappa shape index (κ1) is 11.1. The van der Waals surface area contributed by atoms with Gasteiger partial charge in [-0.05, 0) is 66.9 Å². The van der Waals surface area contributed by atoms with Gasteiger partial charge in [-0.1, -0.05) is 13.0 Å². The van der Waals surface area contributed by atoms with Crippen LogP contribution in [0.15, 0.2) is 18.2 Å². The summed E-state index contributed by atoms with van der Waals surface area (Å²) in [7, 11) is 1.76. The van der Waals surface area contributed by atoms with E-state index in [9.17, 15) is 0 Å². The second kappa shape index (κ2) is 4.02. The summed E-state index contributed by atoms with van der Waals surface area (Å²) in [5.74, 6) is 1.79. The molecule has 2 aliphatic rings. The Morgan fingerprint density at radius 1 is 1.41 bits per heavy atom. The highest BCUT2D eigenvalue weighted by molar-refractivity contribution is 5.43. The molecule has 2 nitrogen and oxygen atoms in total. The van der Waals surface area contributed by atoms with E-state index in [-0.39, 0.29) is 0 Å². The van der Waals surface area contributed by atoms with Crippen molar-refractivity contribution in [1.29, 1.82) is 0 Å². The van der Waals surface area contributed by atoms with E-state index in [2.05, 4.69) is 30.4 Å². The maximum Gasteiger partial charge on any atom is 0.119 e. The van der Waals surface area contributed by atoms with Crippen LogP contribution in [0.4, 0.5) is 0 Å². The second-order valence-corrected chi connectivity index (χ2v) is 5.63. The zero-order valence-corrected chi connectivity index (χ0v) is 10.8. The molecule has 1 aliphatic carbocycles. The first-order valence-corrected chi connectivity index (χ1v) is 6.62. The third kappa shape index (κ3) is 1.66. The van der Waals surface area contributed by atoms with Crippen LogP contribution in [0.1, 0.15) is 30.9 Å². The molecule has 3 rings (SSSR count). The van der Waals surface area contributed by atoms with E-state index < -0.39 is 0 Å². The van der Waals surface area contributed by atoms with Crippen molar-refractivity contribution in [2.24, 2.45) is 5.92 Å². The van der Waals surface area contributed by atoms with Crippen molar-refractivity contribution in [1.82, 2.24) is 5.32 Å². The molecule has 1 aliphatic heterocycles. The molecule has 2 heteroatoms. The van der Waals surface area contributed by atoms with Gasteiger partial charge in [-0.25, -0.2) is 0 Å². The average molecular weight is 231 g/mol. The smallest absolute Gasteiger partial charge is 0.119 e. The van der Waals surface area contributed by atoms with Gasteiger partial charge in [-0.2, -0.15) is 0 Å². The fourth-order valence-electron chi connectivity index (χ4n) is 3.59. The summed E-state index contributed by atoms with van der Waals surface area (Å²) >= 11 is 0. The van der Waals surface area contributed by atoms with Gasteiger partial charge in [0.05, 0.1) is 7.11 Å². The minimum atomic E-state index is 0.355.